The lowest BCUT2D eigenvalue weighted by Gasteiger charge is -2.53. The van der Waals surface area contributed by atoms with Crippen molar-refractivity contribution in [2.45, 2.75) is 43.9 Å². The summed E-state index contributed by atoms with van der Waals surface area (Å²) in [5, 5.41) is 23.4. The first-order chi connectivity index (χ1) is 11.1. The molecule has 1 saturated heterocycles. The van der Waals surface area contributed by atoms with Gasteiger partial charge in [0.15, 0.2) is 0 Å². The average Bonchev–Trinajstić information content (AvgIpc) is 3.06. The number of rotatable bonds is 5. The molecule has 0 amide bonds. The third kappa shape index (κ3) is 2.64. The molecule has 1 aliphatic carbocycles. The number of nitrogens with zero attached hydrogens (tertiary/aromatic N) is 2. The molecule has 2 aliphatic rings. The molecule has 3 rings (SSSR count). The van der Waals surface area contributed by atoms with Crippen LogP contribution in [0.5, 0.6) is 0 Å². The maximum atomic E-state index is 10.8. The second-order valence-corrected chi connectivity index (χ2v) is 5.88. The largest absolute Gasteiger partial charge is 0.378 e. The molecule has 1 N–H and O–H groups in total. The Morgan fingerprint density at radius 1 is 1.61 bits per heavy atom. The number of anilines is 1. The highest BCUT2D eigenvalue weighted by Crippen LogP contribution is 2.47. The Morgan fingerprint density at radius 2 is 2.43 bits per heavy atom. The van der Waals surface area contributed by atoms with Crippen molar-refractivity contribution < 1.29 is 14.4 Å². The fourth-order valence-corrected chi connectivity index (χ4v) is 3.53. The van der Waals surface area contributed by atoms with Crippen molar-refractivity contribution in [3.63, 3.8) is 0 Å². The molecule has 0 aromatic heterocycles. The van der Waals surface area contributed by atoms with Crippen LogP contribution in [0.25, 0.3) is 0 Å². The van der Waals surface area contributed by atoms with Crippen molar-refractivity contribution in [2.75, 3.05) is 18.5 Å². The first-order valence-corrected chi connectivity index (χ1v) is 7.81. The van der Waals surface area contributed by atoms with Gasteiger partial charge >= 0.3 is 0 Å². The van der Waals surface area contributed by atoms with Crippen LogP contribution in [-0.4, -0.2) is 35.9 Å². The van der Waals surface area contributed by atoms with E-state index in [1.54, 1.807) is 6.07 Å². The first-order valence-electron chi connectivity index (χ1n) is 7.81. The molecule has 1 saturated carbocycles. The van der Waals surface area contributed by atoms with Crippen LogP contribution in [0.15, 0.2) is 18.2 Å². The maximum absolute atomic E-state index is 10.8. The molecule has 122 valence electrons. The Morgan fingerprint density at radius 3 is 3.04 bits per heavy atom. The van der Waals surface area contributed by atoms with Crippen LogP contribution in [0, 0.1) is 21.4 Å². The third-order valence-electron chi connectivity index (χ3n) is 4.70. The van der Waals surface area contributed by atoms with E-state index in [0.29, 0.717) is 18.9 Å². The molecule has 7 heteroatoms. The number of hydrogen-bond acceptors (Lipinski definition) is 6. The van der Waals surface area contributed by atoms with Crippen LogP contribution in [0.3, 0.4) is 0 Å². The molecule has 1 aliphatic heterocycles. The molecule has 7 nitrogen and oxygen atoms in total. The van der Waals surface area contributed by atoms with Crippen molar-refractivity contribution in [2.24, 2.45) is 0 Å². The lowest BCUT2D eigenvalue weighted by molar-refractivity contribution is -0.384. The molecular formula is C16H19N3O4. The Balaban J connectivity index is 1.80. The van der Waals surface area contributed by atoms with Crippen LogP contribution >= 0.6 is 0 Å². The summed E-state index contributed by atoms with van der Waals surface area (Å²) in [5.41, 5.74) is 0.449. The number of non-ortho nitro benzene ring substituents is 1. The predicted octanol–water partition coefficient (Wildman–Crippen LogP) is 2.60. The van der Waals surface area contributed by atoms with Crippen molar-refractivity contribution in [1.82, 2.24) is 0 Å². The summed E-state index contributed by atoms with van der Waals surface area (Å²) >= 11 is 0. The Hall–Kier alpha value is -2.17. The first kappa shape index (κ1) is 15.7. The highest BCUT2D eigenvalue weighted by Gasteiger charge is 2.58. The molecule has 0 radical (unpaired) electrons. The van der Waals surface area contributed by atoms with E-state index in [1.807, 2.05) is 13.0 Å². The van der Waals surface area contributed by atoms with Crippen molar-refractivity contribution >= 4 is 11.4 Å². The van der Waals surface area contributed by atoms with E-state index in [9.17, 15) is 15.4 Å². The molecule has 0 unspecified atom stereocenters. The Labute approximate surface area is 134 Å². The summed E-state index contributed by atoms with van der Waals surface area (Å²) in [6.07, 6.45) is 2.78. The standard InChI is InChI=1S/C16H19N3O4/c1-2-22-15-9-14(16(15)6-3-7-23-16)18-13-5-4-12(19(20)21)8-11(13)10-17/h4-5,8,14-15,18H,2-3,6-7,9H2,1H3/t14-,15+,16+/m0/s1. The second-order valence-electron chi connectivity index (χ2n) is 5.88. The number of nitrogens with one attached hydrogen (secondary N) is 1. The number of nitriles is 1. The highest BCUT2D eigenvalue weighted by molar-refractivity contribution is 5.62. The van der Waals surface area contributed by atoms with Crippen LogP contribution in [0.2, 0.25) is 0 Å². The minimum atomic E-state index is -0.499. The summed E-state index contributed by atoms with van der Waals surface area (Å²) in [7, 11) is 0. The van der Waals surface area contributed by atoms with E-state index >= 15 is 0 Å². The topological polar surface area (TPSA) is 97.4 Å². The van der Waals surface area contributed by atoms with Crippen LogP contribution in [0.4, 0.5) is 11.4 Å². The van der Waals surface area contributed by atoms with Gasteiger partial charge < -0.3 is 14.8 Å². The van der Waals surface area contributed by atoms with E-state index in [4.69, 9.17) is 9.47 Å². The van der Waals surface area contributed by atoms with Gasteiger partial charge in [0.2, 0.25) is 0 Å². The zero-order valence-corrected chi connectivity index (χ0v) is 12.9. The van der Waals surface area contributed by atoms with Gasteiger partial charge in [-0.3, -0.25) is 10.1 Å². The summed E-state index contributed by atoms with van der Waals surface area (Å²) in [4.78, 5) is 10.3. The molecule has 1 aromatic carbocycles. The van der Waals surface area contributed by atoms with Gasteiger partial charge in [-0.05, 0) is 32.3 Å². The quantitative estimate of drug-likeness (QED) is 0.662. The monoisotopic (exact) mass is 317 g/mol. The molecule has 0 bridgehead atoms. The maximum Gasteiger partial charge on any atom is 0.270 e. The van der Waals surface area contributed by atoms with E-state index in [1.165, 1.54) is 12.1 Å². The van der Waals surface area contributed by atoms with Crippen LogP contribution in [-0.2, 0) is 9.47 Å². The van der Waals surface area contributed by atoms with Gasteiger partial charge in [-0.2, -0.15) is 5.26 Å². The molecule has 3 atom stereocenters. The van der Waals surface area contributed by atoms with Gasteiger partial charge in [-0.25, -0.2) is 0 Å². The number of hydrogen-bond donors (Lipinski definition) is 1. The van der Waals surface area contributed by atoms with Gasteiger partial charge in [0.05, 0.1) is 28.3 Å². The molecule has 1 heterocycles. The zero-order valence-electron chi connectivity index (χ0n) is 12.9. The lowest BCUT2D eigenvalue weighted by atomic mass is 9.69. The van der Waals surface area contributed by atoms with Crippen LogP contribution < -0.4 is 5.32 Å². The number of ether oxygens (including phenoxy) is 2. The van der Waals surface area contributed by atoms with Crippen LogP contribution in [0.1, 0.15) is 31.7 Å². The van der Waals surface area contributed by atoms with Gasteiger partial charge in [-0.15, -0.1) is 0 Å². The van der Waals surface area contributed by atoms with E-state index < -0.39 is 4.92 Å². The normalized spacial score (nSPS) is 29.0. The van der Waals surface area contributed by atoms with Crippen molar-refractivity contribution in [3.8, 4) is 6.07 Å². The van der Waals surface area contributed by atoms with Crippen molar-refractivity contribution in [1.29, 1.82) is 5.26 Å². The summed E-state index contributed by atoms with van der Waals surface area (Å²) in [6, 6.07) is 6.36. The predicted molar refractivity (Wildman–Crippen MR) is 83.2 cm³/mol. The summed E-state index contributed by atoms with van der Waals surface area (Å²) < 4.78 is 11.8. The van der Waals surface area contributed by atoms with Gasteiger partial charge in [0, 0.05) is 25.3 Å². The van der Waals surface area contributed by atoms with Crippen molar-refractivity contribution in [3.05, 3.63) is 33.9 Å². The highest BCUT2D eigenvalue weighted by atomic mass is 16.6. The lowest BCUT2D eigenvalue weighted by Crippen LogP contribution is -2.66. The number of benzene rings is 1. The van der Waals surface area contributed by atoms with Gasteiger partial charge in [-0.1, -0.05) is 0 Å². The zero-order chi connectivity index (χ0) is 16.4. The van der Waals surface area contributed by atoms with E-state index in [0.717, 1.165) is 19.3 Å². The SMILES string of the molecule is CCO[C@@H]1C[C@H](Nc2ccc([N+](=O)[O-])cc2C#N)[C@]12CCCO2. The Bertz CT molecular complexity index is 649. The molecule has 23 heavy (non-hydrogen) atoms. The molecule has 1 spiro atoms. The van der Waals surface area contributed by atoms with Gasteiger partial charge in [0.1, 0.15) is 11.7 Å². The molecular weight excluding hydrogens is 298 g/mol. The summed E-state index contributed by atoms with van der Waals surface area (Å²) in [6.45, 7) is 3.32. The molecule has 2 fully saturated rings. The van der Waals surface area contributed by atoms with Gasteiger partial charge in [0.25, 0.3) is 5.69 Å². The second kappa shape index (κ2) is 6.14. The van der Waals surface area contributed by atoms with E-state index in [-0.39, 0.29) is 29.0 Å². The minimum absolute atomic E-state index is 0.0510. The minimum Gasteiger partial charge on any atom is -0.378 e. The smallest absolute Gasteiger partial charge is 0.270 e. The number of nitro groups is 1. The molecule has 1 aromatic rings. The fraction of sp³-hybridized carbons (Fsp3) is 0.562. The number of nitro benzene ring substituents is 1. The summed E-state index contributed by atoms with van der Waals surface area (Å²) in [5.74, 6) is 0. The Kier molecular flexibility index (Phi) is 4.20. The third-order valence-corrected chi connectivity index (χ3v) is 4.70. The average molecular weight is 317 g/mol. The fourth-order valence-electron chi connectivity index (χ4n) is 3.53. The van der Waals surface area contributed by atoms with E-state index in [2.05, 4.69) is 5.32 Å².